The first-order chi connectivity index (χ1) is 11.9. The SMILES string of the molecule is C(/C=C/c1ccccc1)=C\C(=C1c2ccccc21)c1ccccc1. The van der Waals surface area contributed by atoms with Crippen LogP contribution in [0.25, 0.3) is 17.2 Å². The molecule has 0 bridgehead atoms. The number of fused-ring (bicyclic) bond motifs is 1. The summed E-state index contributed by atoms with van der Waals surface area (Å²) in [6.45, 7) is 0. The van der Waals surface area contributed by atoms with Crippen LogP contribution in [0.3, 0.4) is 0 Å². The third-order valence-electron chi connectivity index (χ3n) is 4.22. The largest absolute Gasteiger partial charge is 0.0622 e. The van der Waals surface area contributed by atoms with Crippen LogP contribution < -0.4 is 0 Å². The Hall–Kier alpha value is -3.12. The Morgan fingerprint density at radius 1 is 0.583 bits per heavy atom. The minimum absolute atomic E-state index is 1.21. The van der Waals surface area contributed by atoms with Gasteiger partial charge in [-0.3, -0.25) is 0 Å². The van der Waals surface area contributed by atoms with Gasteiger partial charge in [-0.2, -0.15) is 0 Å². The second kappa shape index (κ2) is 6.55. The van der Waals surface area contributed by atoms with E-state index in [0.29, 0.717) is 0 Å². The third-order valence-corrected chi connectivity index (χ3v) is 4.22. The van der Waals surface area contributed by atoms with Crippen LogP contribution in [0.5, 0.6) is 0 Å². The van der Waals surface area contributed by atoms with Crippen molar-refractivity contribution in [3.05, 3.63) is 125 Å². The van der Waals surface area contributed by atoms with Crippen LogP contribution in [0.1, 0.15) is 22.3 Å². The number of hydrogen-bond acceptors (Lipinski definition) is 0. The molecule has 0 amide bonds. The maximum atomic E-state index is 2.21. The van der Waals surface area contributed by atoms with Crippen LogP contribution in [0.4, 0.5) is 0 Å². The molecule has 3 aromatic carbocycles. The van der Waals surface area contributed by atoms with E-state index in [9.17, 15) is 0 Å². The highest BCUT2D eigenvalue weighted by Gasteiger charge is 2.27. The fourth-order valence-corrected chi connectivity index (χ4v) is 2.98. The summed E-state index contributed by atoms with van der Waals surface area (Å²) in [5.41, 5.74) is 7.87. The van der Waals surface area contributed by atoms with Gasteiger partial charge in [-0.25, -0.2) is 0 Å². The summed E-state index contributed by atoms with van der Waals surface area (Å²) < 4.78 is 0. The van der Waals surface area contributed by atoms with Crippen molar-refractivity contribution in [3.8, 4) is 0 Å². The molecule has 0 saturated carbocycles. The van der Waals surface area contributed by atoms with Crippen LogP contribution in [-0.2, 0) is 0 Å². The van der Waals surface area contributed by atoms with E-state index in [2.05, 4.69) is 103 Å². The molecule has 0 fully saturated rings. The van der Waals surface area contributed by atoms with Gasteiger partial charge in [-0.05, 0) is 33.4 Å². The molecule has 0 unspecified atom stereocenters. The lowest BCUT2D eigenvalue weighted by Gasteiger charge is -2.01. The second-order valence-electron chi connectivity index (χ2n) is 5.83. The van der Waals surface area contributed by atoms with Gasteiger partial charge in [0.05, 0.1) is 0 Å². The lowest BCUT2D eigenvalue weighted by molar-refractivity contribution is 1.63. The summed E-state index contributed by atoms with van der Waals surface area (Å²) in [6, 6.07) is 29.6. The predicted octanol–water partition coefficient (Wildman–Crippen LogP) is 6.23. The smallest absolute Gasteiger partial charge is 0.00204 e. The summed E-state index contributed by atoms with van der Waals surface area (Å²) >= 11 is 0. The van der Waals surface area contributed by atoms with Crippen molar-refractivity contribution in [2.24, 2.45) is 0 Å². The van der Waals surface area contributed by atoms with E-state index in [1.54, 1.807) is 0 Å². The third kappa shape index (κ3) is 3.00. The molecule has 0 radical (unpaired) electrons. The Bertz CT molecular complexity index is 901. The van der Waals surface area contributed by atoms with Crippen LogP contribution >= 0.6 is 0 Å². The van der Waals surface area contributed by atoms with E-state index in [-0.39, 0.29) is 0 Å². The Morgan fingerprint density at radius 2 is 1.17 bits per heavy atom. The van der Waals surface area contributed by atoms with E-state index < -0.39 is 0 Å². The molecule has 3 aromatic rings. The molecule has 0 heterocycles. The topological polar surface area (TPSA) is 0 Å². The summed E-state index contributed by atoms with van der Waals surface area (Å²) in [7, 11) is 0. The van der Waals surface area contributed by atoms with Crippen molar-refractivity contribution in [3.63, 3.8) is 0 Å². The van der Waals surface area contributed by atoms with E-state index in [0.717, 1.165) is 0 Å². The number of rotatable bonds is 4. The first-order valence-corrected chi connectivity index (χ1v) is 8.23. The Morgan fingerprint density at radius 3 is 1.83 bits per heavy atom. The lowest BCUT2D eigenvalue weighted by atomic mass is 10.0. The minimum atomic E-state index is 1.21. The molecule has 0 nitrogen and oxygen atoms in total. The Labute approximate surface area is 143 Å². The van der Waals surface area contributed by atoms with Crippen molar-refractivity contribution in [1.29, 1.82) is 0 Å². The van der Waals surface area contributed by atoms with E-state index in [1.807, 2.05) is 6.07 Å². The van der Waals surface area contributed by atoms with Gasteiger partial charge < -0.3 is 0 Å². The zero-order valence-electron chi connectivity index (χ0n) is 13.4. The highest BCUT2D eigenvalue weighted by Crippen LogP contribution is 2.47. The van der Waals surface area contributed by atoms with Gasteiger partial charge >= 0.3 is 0 Å². The maximum absolute atomic E-state index is 2.21. The molecule has 0 aromatic heterocycles. The highest BCUT2D eigenvalue weighted by molar-refractivity contribution is 6.14. The molecule has 0 heteroatoms. The van der Waals surface area contributed by atoms with Gasteiger partial charge in [0.2, 0.25) is 0 Å². The summed E-state index contributed by atoms with van der Waals surface area (Å²) in [6.07, 6.45) is 8.57. The standard InChI is InChI=1S/C24H18/c1-3-11-19(12-4-1)13-7-8-16-21(20-14-5-2-6-15-20)24-22-17-9-10-18-23(22)24/h1-18H/b13-7+,16-8+. The molecular weight excluding hydrogens is 288 g/mol. The fourth-order valence-electron chi connectivity index (χ4n) is 2.98. The van der Waals surface area contributed by atoms with Gasteiger partial charge in [0.1, 0.15) is 0 Å². The predicted molar refractivity (Wildman–Crippen MR) is 103 cm³/mol. The van der Waals surface area contributed by atoms with Crippen LogP contribution in [0.15, 0.2) is 103 Å². The second-order valence-corrected chi connectivity index (χ2v) is 5.83. The molecule has 0 spiro atoms. The normalized spacial score (nSPS) is 12.6. The number of hydrogen-bond donors (Lipinski definition) is 0. The molecule has 114 valence electrons. The molecule has 1 aliphatic rings. The zero-order chi connectivity index (χ0) is 16.2. The highest BCUT2D eigenvalue weighted by atomic mass is 14.3. The van der Waals surface area contributed by atoms with Crippen molar-refractivity contribution < 1.29 is 0 Å². The van der Waals surface area contributed by atoms with Crippen LogP contribution in [0.2, 0.25) is 0 Å². The van der Waals surface area contributed by atoms with Crippen molar-refractivity contribution >= 4 is 17.2 Å². The molecule has 0 atom stereocenters. The van der Waals surface area contributed by atoms with E-state index >= 15 is 0 Å². The van der Waals surface area contributed by atoms with Crippen molar-refractivity contribution in [2.75, 3.05) is 0 Å². The number of benzene rings is 3. The molecule has 0 N–H and O–H groups in total. The summed E-state index contributed by atoms with van der Waals surface area (Å²) in [5.74, 6) is 0. The molecular formula is C24H18. The monoisotopic (exact) mass is 306 g/mol. The molecule has 1 aliphatic carbocycles. The minimum Gasteiger partial charge on any atom is -0.0622 e. The van der Waals surface area contributed by atoms with Crippen LogP contribution in [-0.4, -0.2) is 0 Å². The van der Waals surface area contributed by atoms with Gasteiger partial charge in [0, 0.05) is 0 Å². The maximum Gasteiger partial charge on any atom is -0.00204 e. The Balaban J connectivity index is 1.65. The number of allylic oxidation sites excluding steroid dienone is 4. The average Bonchev–Trinajstić information content (AvgIpc) is 3.37. The molecule has 24 heavy (non-hydrogen) atoms. The first-order valence-electron chi connectivity index (χ1n) is 8.23. The van der Waals surface area contributed by atoms with Gasteiger partial charge in [-0.15, -0.1) is 0 Å². The molecule has 0 saturated heterocycles. The van der Waals surface area contributed by atoms with Crippen molar-refractivity contribution in [2.45, 2.75) is 0 Å². The summed E-state index contributed by atoms with van der Waals surface area (Å²) in [5, 5.41) is 0. The van der Waals surface area contributed by atoms with Gasteiger partial charge in [0.25, 0.3) is 0 Å². The van der Waals surface area contributed by atoms with Gasteiger partial charge in [-0.1, -0.05) is 109 Å². The fraction of sp³-hybridized carbons (Fsp3) is 0. The zero-order valence-corrected chi connectivity index (χ0v) is 13.4. The average molecular weight is 306 g/mol. The first kappa shape index (κ1) is 14.5. The lowest BCUT2D eigenvalue weighted by Crippen LogP contribution is -1.79. The van der Waals surface area contributed by atoms with Crippen molar-refractivity contribution in [1.82, 2.24) is 0 Å². The van der Waals surface area contributed by atoms with Crippen LogP contribution in [0, 0.1) is 0 Å². The quantitative estimate of drug-likeness (QED) is 0.392. The Kier molecular flexibility index (Phi) is 3.95. The summed E-state index contributed by atoms with van der Waals surface area (Å²) in [4.78, 5) is 0. The van der Waals surface area contributed by atoms with E-state index in [4.69, 9.17) is 0 Å². The molecule has 4 rings (SSSR count). The van der Waals surface area contributed by atoms with Gasteiger partial charge in [0.15, 0.2) is 0 Å². The van der Waals surface area contributed by atoms with E-state index in [1.165, 1.54) is 33.4 Å². The molecule has 0 aliphatic heterocycles.